The van der Waals surface area contributed by atoms with E-state index in [-0.39, 0.29) is 50.3 Å². The SMILES string of the molecule is [Al+3].[Ni].[OH-].[OH-].[OH-]. The molecule has 0 aromatic heterocycles. The van der Waals surface area contributed by atoms with E-state index in [4.69, 9.17) is 0 Å². The summed E-state index contributed by atoms with van der Waals surface area (Å²) in [5.41, 5.74) is 0. The van der Waals surface area contributed by atoms with Crippen molar-refractivity contribution in [2.24, 2.45) is 0 Å². The molecule has 3 nitrogen and oxygen atoms in total. The predicted octanol–water partition coefficient (Wildman–Crippen LogP) is -0.914. The van der Waals surface area contributed by atoms with Crippen LogP contribution in [0.15, 0.2) is 0 Å². The van der Waals surface area contributed by atoms with Crippen molar-refractivity contribution in [3.8, 4) is 0 Å². The van der Waals surface area contributed by atoms with Crippen LogP contribution in [0, 0.1) is 0 Å². The Hall–Kier alpha value is 0.906. The average molecular weight is 137 g/mol. The minimum Gasteiger partial charge on any atom is -0.870 e. The summed E-state index contributed by atoms with van der Waals surface area (Å²) in [6.45, 7) is 0. The minimum absolute atomic E-state index is 0. The van der Waals surface area contributed by atoms with Crippen LogP contribution in [-0.2, 0) is 16.5 Å². The first kappa shape index (κ1) is 173. The van der Waals surface area contributed by atoms with E-state index < -0.39 is 0 Å². The molecule has 0 aliphatic rings. The second-order valence-corrected chi connectivity index (χ2v) is 0. The minimum atomic E-state index is 0. The largest absolute Gasteiger partial charge is 3.00 e. The zero-order chi connectivity index (χ0) is 0. The van der Waals surface area contributed by atoms with E-state index in [1.54, 1.807) is 0 Å². The van der Waals surface area contributed by atoms with E-state index in [0.29, 0.717) is 0 Å². The number of rotatable bonds is 0. The quantitative estimate of drug-likeness (QED) is 0.404. The molecule has 0 aliphatic carbocycles. The van der Waals surface area contributed by atoms with Crippen molar-refractivity contribution in [1.29, 1.82) is 0 Å². The van der Waals surface area contributed by atoms with Gasteiger partial charge in [-0.3, -0.25) is 0 Å². The van der Waals surface area contributed by atoms with Crippen molar-refractivity contribution < 1.29 is 32.9 Å². The smallest absolute Gasteiger partial charge is 0.870 e. The molecule has 0 saturated carbocycles. The van der Waals surface area contributed by atoms with Crippen LogP contribution in [0.3, 0.4) is 0 Å². The van der Waals surface area contributed by atoms with E-state index in [1.165, 1.54) is 0 Å². The Labute approximate surface area is 50.7 Å². The van der Waals surface area contributed by atoms with Gasteiger partial charge in [0.2, 0.25) is 0 Å². The van der Waals surface area contributed by atoms with Crippen molar-refractivity contribution in [2.75, 3.05) is 0 Å². The third-order valence-electron chi connectivity index (χ3n) is 0. The van der Waals surface area contributed by atoms with Crippen LogP contribution in [0.2, 0.25) is 0 Å². The summed E-state index contributed by atoms with van der Waals surface area (Å²) in [5, 5.41) is 0. The summed E-state index contributed by atoms with van der Waals surface area (Å²) < 4.78 is 0. The van der Waals surface area contributed by atoms with Gasteiger partial charge in [0, 0.05) is 16.5 Å². The molecule has 5 heteroatoms. The molecular weight excluding hydrogens is 134 g/mol. The van der Waals surface area contributed by atoms with Gasteiger partial charge in [-0.25, -0.2) is 0 Å². The molecule has 34 valence electrons. The molecule has 0 aromatic carbocycles. The molecular formula is H3AlNiO3. The molecule has 0 bridgehead atoms. The molecule has 3 N–H and O–H groups in total. The first-order chi connectivity index (χ1) is 0. The summed E-state index contributed by atoms with van der Waals surface area (Å²) in [5.74, 6) is 0. The van der Waals surface area contributed by atoms with Crippen molar-refractivity contribution in [1.82, 2.24) is 0 Å². The second-order valence-electron chi connectivity index (χ2n) is 0. The van der Waals surface area contributed by atoms with Crippen LogP contribution < -0.4 is 0 Å². The molecule has 0 radical (unpaired) electrons. The molecule has 0 heterocycles. The van der Waals surface area contributed by atoms with Crippen molar-refractivity contribution in [3.63, 3.8) is 0 Å². The van der Waals surface area contributed by atoms with Gasteiger partial charge < -0.3 is 16.4 Å². The molecule has 0 saturated heterocycles. The fourth-order valence-corrected chi connectivity index (χ4v) is 0. The normalized spacial score (nSPS) is 0. The molecule has 0 spiro atoms. The summed E-state index contributed by atoms with van der Waals surface area (Å²) in [4.78, 5) is 0. The zero-order valence-electron chi connectivity index (χ0n) is 2.24. The Bertz CT molecular complexity index is 6.85. The van der Waals surface area contributed by atoms with Gasteiger partial charge in [0.25, 0.3) is 0 Å². The van der Waals surface area contributed by atoms with Crippen LogP contribution in [0.25, 0.3) is 0 Å². The van der Waals surface area contributed by atoms with Gasteiger partial charge in [-0.1, -0.05) is 0 Å². The number of hydrogen-bond donors (Lipinski definition) is 0. The van der Waals surface area contributed by atoms with Crippen LogP contribution >= 0.6 is 0 Å². The van der Waals surface area contributed by atoms with Crippen molar-refractivity contribution in [3.05, 3.63) is 0 Å². The van der Waals surface area contributed by atoms with Crippen LogP contribution in [0.4, 0.5) is 0 Å². The maximum Gasteiger partial charge on any atom is 3.00 e. The van der Waals surface area contributed by atoms with E-state index in [0.717, 1.165) is 0 Å². The van der Waals surface area contributed by atoms with Crippen molar-refractivity contribution in [2.45, 2.75) is 0 Å². The van der Waals surface area contributed by atoms with Crippen LogP contribution in [-0.4, -0.2) is 33.8 Å². The van der Waals surface area contributed by atoms with E-state index in [2.05, 4.69) is 0 Å². The summed E-state index contributed by atoms with van der Waals surface area (Å²) in [6, 6.07) is 0. The third kappa shape index (κ3) is 50.5. The monoisotopic (exact) mass is 136 g/mol. The van der Waals surface area contributed by atoms with Gasteiger partial charge in [0.1, 0.15) is 0 Å². The first-order valence-corrected chi connectivity index (χ1v) is 0. The zero-order valence-corrected chi connectivity index (χ0v) is 4.38. The molecule has 0 atom stereocenters. The topological polar surface area (TPSA) is 90.0 Å². The Morgan fingerprint density at radius 1 is 0.600 bits per heavy atom. The summed E-state index contributed by atoms with van der Waals surface area (Å²) in [7, 11) is 0. The Morgan fingerprint density at radius 3 is 0.600 bits per heavy atom. The van der Waals surface area contributed by atoms with Gasteiger partial charge >= 0.3 is 17.4 Å². The third-order valence-corrected chi connectivity index (χ3v) is 0. The van der Waals surface area contributed by atoms with Crippen LogP contribution in [0.1, 0.15) is 0 Å². The van der Waals surface area contributed by atoms with Gasteiger partial charge in [-0.2, -0.15) is 0 Å². The van der Waals surface area contributed by atoms with Crippen LogP contribution in [0.5, 0.6) is 0 Å². The van der Waals surface area contributed by atoms with Gasteiger partial charge in [-0.15, -0.1) is 0 Å². The van der Waals surface area contributed by atoms with Gasteiger partial charge in [-0.05, 0) is 0 Å². The summed E-state index contributed by atoms with van der Waals surface area (Å²) in [6.07, 6.45) is 0. The average Bonchev–Trinajstić information content (AvgIpc) is 0. The first-order valence-electron chi connectivity index (χ1n) is 0. The molecule has 0 unspecified atom stereocenters. The Kier molecular flexibility index (Phi) is 3160. The molecule has 0 fully saturated rings. The maximum absolute atomic E-state index is 0. The maximum atomic E-state index is 0. The molecule has 0 amide bonds. The fourth-order valence-electron chi connectivity index (χ4n) is 0. The van der Waals surface area contributed by atoms with Gasteiger partial charge in [0.05, 0.1) is 0 Å². The van der Waals surface area contributed by atoms with E-state index >= 15 is 0 Å². The van der Waals surface area contributed by atoms with E-state index in [9.17, 15) is 0 Å². The van der Waals surface area contributed by atoms with Gasteiger partial charge in [0.15, 0.2) is 0 Å². The summed E-state index contributed by atoms with van der Waals surface area (Å²) >= 11 is 0. The van der Waals surface area contributed by atoms with E-state index in [1.807, 2.05) is 0 Å². The molecule has 0 aliphatic heterocycles. The predicted molar refractivity (Wildman–Crippen MR) is 11.6 cm³/mol. The Balaban J connectivity index is 0. The Morgan fingerprint density at radius 2 is 0.600 bits per heavy atom. The molecule has 0 aromatic rings. The molecule has 0 rings (SSSR count). The van der Waals surface area contributed by atoms with Crippen molar-refractivity contribution >= 4 is 17.4 Å². The second kappa shape index (κ2) is 91.2. The molecule has 5 heavy (non-hydrogen) atoms. The standard InChI is InChI=1S/Al.Ni.3H2O/h;;3*1H2/q+3;;;;/p-3. The number of hydrogen-bond acceptors (Lipinski definition) is 3. The fraction of sp³-hybridized carbons (Fsp3) is 0.